The summed E-state index contributed by atoms with van der Waals surface area (Å²) in [5.41, 5.74) is 6.48. The zero-order chi connectivity index (χ0) is 11.8. The van der Waals surface area contributed by atoms with Gasteiger partial charge in [-0.05, 0) is 12.6 Å². The molecule has 4 nitrogen and oxygen atoms in total. The molecular weight excluding hydrogens is 200 g/mol. The molecule has 4 heteroatoms. The molecule has 16 heavy (non-hydrogen) atoms. The summed E-state index contributed by atoms with van der Waals surface area (Å²) in [6.07, 6.45) is 5.62. The fraction of sp³-hybridized carbons (Fsp3) is 0.583. The Bertz CT molecular complexity index is 262. The molecule has 0 aromatic carbocycles. The Morgan fingerprint density at radius 2 is 2.06 bits per heavy atom. The van der Waals surface area contributed by atoms with Crippen LogP contribution in [0.3, 0.4) is 0 Å². The molecule has 0 radical (unpaired) electrons. The first-order valence-electron chi connectivity index (χ1n) is 5.81. The van der Waals surface area contributed by atoms with Gasteiger partial charge in [0.25, 0.3) is 0 Å². The zero-order valence-electron chi connectivity index (χ0n) is 10.1. The van der Waals surface area contributed by atoms with Crippen LogP contribution in [-0.4, -0.2) is 55.4 Å². The normalized spacial score (nSPS) is 19.4. The Morgan fingerprint density at radius 1 is 1.38 bits per heavy atom. The zero-order valence-corrected chi connectivity index (χ0v) is 10.1. The molecule has 0 aliphatic carbocycles. The van der Waals surface area contributed by atoms with Crippen molar-refractivity contribution in [2.24, 2.45) is 10.7 Å². The molecule has 0 saturated carbocycles. The van der Waals surface area contributed by atoms with Gasteiger partial charge in [0.2, 0.25) is 0 Å². The topological polar surface area (TPSA) is 44.9 Å². The van der Waals surface area contributed by atoms with E-state index in [4.69, 9.17) is 5.73 Å². The van der Waals surface area contributed by atoms with E-state index in [1.54, 1.807) is 6.08 Å². The third-order valence-electron chi connectivity index (χ3n) is 2.80. The summed E-state index contributed by atoms with van der Waals surface area (Å²) in [5.74, 6) is 0. The van der Waals surface area contributed by atoms with Gasteiger partial charge < -0.3 is 15.5 Å². The van der Waals surface area contributed by atoms with Gasteiger partial charge in [-0.2, -0.15) is 0 Å². The van der Waals surface area contributed by atoms with Crippen molar-refractivity contribution in [1.82, 2.24) is 9.80 Å². The molecule has 2 N–H and O–H groups in total. The number of allylic oxidation sites excluding steroid dienone is 3. The van der Waals surface area contributed by atoms with E-state index < -0.39 is 0 Å². The van der Waals surface area contributed by atoms with Gasteiger partial charge in [-0.3, -0.25) is 4.99 Å². The van der Waals surface area contributed by atoms with E-state index in [2.05, 4.69) is 28.3 Å². The maximum absolute atomic E-state index is 5.37. The van der Waals surface area contributed by atoms with Crippen molar-refractivity contribution in [3.63, 3.8) is 0 Å². The standard InChI is InChI=1S/C12H22N4/c1-3-5-12(10-14-11-13)16-8-6-15(4-2)7-9-16/h3,5,10H,1,4,6-9,11,13H2,2H3/b12-5+,14-10-. The Kier molecular flexibility index (Phi) is 5.82. The van der Waals surface area contributed by atoms with Gasteiger partial charge >= 0.3 is 0 Å². The van der Waals surface area contributed by atoms with E-state index in [1.807, 2.05) is 12.3 Å². The summed E-state index contributed by atoms with van der Waals surface area (Å²) in [6, 6.07) is 0. The van der Waals surface area contributed by atoms with Crippen molar-refractivity contribution < 1.29 is 0 Å². The van der Waals surface area contributed by atoms with E-state index in [0.29, 0.717) is 6.67 Å². The maximum atomic E-state index is 5.37. The second-order valence-corrected chi connectivity index (χ2v) is 3.74. The van der Waals surface area contributed by atoms with Crippen LogP contribution in [0.4, 0.5) is 0 Å². The number of aliphatic imine (C=N–C) groups is 1. The Labute approximate surface area is 98.1 Å². The average Bonchev–Trinajstić information content (AvgIpc) is 2.35. The summed E-state index contributed by atoms with van der Waals surface area (Å²) in [6.45, 7) is 11.7. The monoisotopic (exact) mass is 222 g/mol. The van der Waals surface area contributed by atoms with Crippen molar-refractivity contribution in [3.05, 3.63) is 24.4 Å². The minimum atomic E-state index is 0.337. The van der Waals surface area contributed by atoms with Crippen LogP contribution >= 0.6 is 0 Å². The minimum absolute atomic E-state index is 0.337. The van der Waals surface area contributed by atoms with Gasteiger partial charge in [0.05, 0.1) is 12.4 Å². The van der Waals surface area contributed by atoms with Gasteiger partial charge in [-0.1, -0.05) is 19.6 Å². The van der Waals surface area contributed by atoms with Crippen molar-refractivity contribution in [3.8, 4) is 0 Å². The van der Waals surface area contributed by atoms with Crippen LogP contribution in [0.15, 0.2) is 29.4 Å². The van der Waals surface area contributed by atoms with E-state index in [-0.39, 0.29) is 0 Å². The lowest BCUT2D eigenvalue weighted by atomic mass is 10.2. The summed E-state index contributed by atoms with van der Waals surface area (Å²) in [4.78, 5) is 8.86. The van der Waals surface area contributed by atoms with Gasteiger partial charge in [0, 0.05) is 32.4 Å². The second-order valence-electron chi connectivity index (χ2n) is 3.74. The predicted octanol–water partition coefficient (Wildman–Crippen LogP) is 0.681. The fourth-order valence-electron chi connectivity index (χ4n) is 1.82. The van der Waals surface area contributed by atoms with Crippen LogP contribution < -0.4 is 5.73 Å². The van der Waals surface area contributed by atoms with Gasteiger partial charge in [0.1, 0.15) is 0 Å². The fourth-order valence-corrected chi connectivity index (χ4v) is 1.82. The number of likely N-dealkylation sites (N-methyl/N-ethyl adjacent to an activating group) is 1. The third-order valence-corrected chi connectivity index (χ3v) is 2.80. The first kappa shape index (κ1) is 12.9. The predicted molar refractivity (Wildman–Crippen MR) is 69.5 cm³/mol. The molecule has 1 fully saturated rings. The lowest BCUT2D eigenvalue weighted by Gasteiger charge is -2.35. The summed E-state index contributed by atoms with van der Waals surface area (Å²) < 4.78 is 0. The molecule has 90 valence electrons. The molecule has 1 heterocycles. The first-order valence-corrected chi connectivity index (χ1v) is 5.81. The number of hydrogen-bond donors (Lipinski definition) is 1. The van der Waals surface area contributed by atoms with Crippen LogP contribution in [0, 0.1) is 0 Å². The number of nitrogens with zero attached hydrogens (tertiary/aromatic N) is 3. The Balaban J connectivity index is 2.57. The van der Waals surface area contributed by atoms with Crippen LogP contribution in [0.5, 0.6) is 0 Å². The molecule has 0 aromatic rings. The van der Waals surface area contributed by atoms with Gasteiger partial charge in [0.15, 0.2) is 0 Å². The van der Waals surface area contributed by atoms with Crippen molar-refractivity contribution in [2.45, 2.75) is 6.92 Å². The van der Waals surface area contributed by atoms with Crippen molar-refractivity contribution in [1.29, 1.82) is 0 Å². The highest BCUT2D eigenvalue weighted by molar-refractivity contribution is 5.78. The molecule has 1 saturated heterocycles. The Morgan fingerprint density at radius 3 is 2.56 bits per heavy atom. The average molecular weight is 222 g/mol. The third kappa shape index (κ3) is 3.79. The van der Waals surface area contributed by atoms with Gasteiger partial charge in [-0.15, -0.1) is 0 Å². The molecule has 0 unspecified atom stereocenters. The lowest BCUT2D eigenvalue weighted by molar-refractivity contribution is 0.171. The summed E-state index contributed by atoms with van der Waals surface area (Å²) in [5, 5.41) is 0. The van der Waals surface area contributed by atoms with Crippen LogP contribution in [-0.2, 0) is 0 Å². The summed E-state index contributed by atoms with van der Waals surface area (Å²) >= 11 is 0. The molecule has 0 bridgehead atoms. The van der Waals surface area contributed by atoms with Crippen molar-refractivity contribution >= 4 is 6.21 Å². The van der Waals surface area contributed by atoms with E-state index in [0.717, 1.165) is 38.4 Å². The minimum Gasteiger partial charge on any atom is -0.368 e. The molecule has 1 aliphatic rings. The quantitative estimate of drug-likeness (QED) is 0.549. The molecule has 0 aromatic heterocycles. The van der Waals surface area contributed by atoms with Crippen LogP contribution in [0.2, 0.25) is 0 Å². The van der Waals surface area contributed by atoms with Crippen molar-refractivity contribution in [2.75, 3.05) is 39.4 Å². The number of rotatable bonds is 5. The lowest BCUT2D eigenvalue weighted by Crippen LogP contribution is -2.45. The molecule has 0 amide bonds. The van der Waals surface area contributed by atoms with Gasteiger partial charge in [-0.25, -0.2) is 0 Å². The first-order chi connectivity index (χ1) is 7.81. The molecule has 1 rings (SSSR count). The number of hydrogen-bond acceptors (Lipinski definition) is 4. The molecule has 1 aliphatic heterocycles. The second kappa shape index (κ2) is 7.19. The number of nitrogens with two attached hydrogens (primary N) is 1. The van der Waals surface area contributed by atoms with E-state index >= 15 is 0 Å². The summed E-state index contributed by atoms with van der Waals surface area (Å²) in [7, 11) is 0. The molecule has 0 spiro atoms. The molecular formula is C12H22N4. The smallest absolute Gasteiger partial charge is 0.0860 e. The highest BCUT2D eigenvalue weighted by atomic mass is 15.3. The SMILES string of the molecule is C=C/C=C(\C=N/CN)N1CCN(CC)CC1. The van der Waals surface area contributed by atoms with Crippen LogP contribution in [0.1, 0.15) is 6.92 Å². The van der Waals surface area contributed by atoms with E-state index in [1.165, 1.54) is 0 Å². The van der Waals surface area contributed by atoms with E-state index in [9.17, 15) is 0 Å². The Hall–Kier alpha value is -1.13. The number of piperazine rings is 1. The maximum Gasteiger partial charge on any atom is 0.0860 e. The highest BCUT2D eigenvalue weighted by Crippen LogP contribution is 2.08. The highest BCUT2D eigenvalue weighted by Gasteiger charge is 2.15. The molecule has 0 atom stereocenters. The van der Waals surface area contributed by atoms with Crippen LogP contribution in [0.25, 0.3) is 0 Å². The largest absolute Gasteiger partial charge is 0.368 e.